The molecule has 11 nitrogen and oxygen atoms in total. The second-order valence-corrected chi connectivity index (χ2v) is 8.08. The Morgan fingerprint density at radius 3 is 2.81 bits per heavy atom. The number of para-hydroxylation sites is 1. The Kier molecular flexibility index (Phi) is 6.58. The number of hydrogen-bond acceptors (Lipinski definition) is 7. The molecular weight excluding hydrogens is 469 g/mol. The van der Waals surface area contributed by atoms with Gasteiger partial charge in [0.05, 0.1) is 30.5 Å². The van der Waals surface area contributed by atoms with Crippen LogP contribution >= 0.6 is 0 Å². The summed E-state index contributed by atoms with van der Waals surface area (Å²) in [6, 6.07) is 10.5. The van der Waals surface area contributed by atoms with E-state index in [0.29, 0.717) is 54.8 Å². The Bertz CT molecular complexity index is 1410. The zero-order valence-corrected chi connectivity index (χ0v) is 19.6. The van der Waals surface area contributed by atoms with Crippen molar-refractivity contribution < 1.29 is 23.5 Å². The molecule has 0 saturated carbocycles. The van der Waals surface area contributed by atoms with Gasteiger partial charge in [0.25, 0.3) is 11.8 Å². The van der Waals surface area contributed by atoms with Crippen molar-refractivity contribution in [2.45, 2.75) is 0 Å². The average molecular weight is 493 g/mol. The first kappa shape index (κ1) is 23.4. The molecule has 4 aromatic rings. The zero-order chi connectivity index (χ0) is 25.1. The van der Waals surface area contributed by atoms with Crippen LogP contribution in [0.15, 0.2) is 48.8 Å². The average Bonchev–Trinajstić information content (AvgIpc) is 3.50. The lowest BCUT2D eigenvalue weighted by Crippen LogP contribution is -2.41. The molecule has 5 rings (SSSR count). The van der Waals surface area contributed by atoms with Gasteiger partial charge in [-0.25, -0.2) is 13.9 Å². The molecule has 3 aromatic heterocycles. The third-order valence-electron chi connectivity index (χ3n) is 5.74. The van der Waals surface area contributed by atoms with Crippen molar-refractivity contribution in [3.8, 4) is 17.1 Å². The Morgan fingerprint density at radius 1 is 1.19 bits per heavy atom. The molecule has 1 saturated heterocycles. The molecule has 36 heavy (non-hydrogen) atoms. The molecule has 4 heterocycles. The predicted octanol–water partition coefficient (Wildman–Crippen LogP) is 2.20. The van der Waals surface area contributed by atoms with E-state index in [1.165, 1.54) is 10.9 Å². The first-order valence-corrected chi connectivity index (χ1v) is 11.4. The normalized spacial score (nSPS) is 13.7. The van der Waals surface area contributed by atoms with Gasteiger partial charge in [0.2, 0.25) is 0 Å². The van der Waals surface area contributed by atoms with Crippen LogP contribution < -0.4 is 10.1 Å². The van der Waals surface area contributed by atoms with Crippen LogP contribution in [0.3, 0.4) is 0 Å². The van der Waals surface area contributed by atoms with Gasteiger partial charge in [-0.05, 0) is 18.2 Å². The van der Waals surface area contributed by atoms with E-state index in [1.54, 1.807) is 53.0 Å². The number of ether oxygens (including phenoxy) is 2. The third-order valence-corrected chi connectivity index (χ3v) is 5.74. The minimum atomic E-state index is -0.605. The Morgan fingerprint density at radius 2 is 2.00 bits per heavy atom. The minimum absolute atomic E-state index is 0.0649. The van der Waals surface area contributed by atoms with Crippen molar-refractivity contribution in [3.05, 3.63) is 60.0 Å². The fourth-order valence-electron chi connectivity index (χ4n) is 3.99. The number of anilines is 1. The van der Waals surface area contributed by atoms with Crippen LogP contribution in [0.25, 0.3) is 17.0 Å². The summed E-state index contributed by atoms with van der Waals surface area (Å²) in [6.07, 6.45) is 3.07. The summed E-state index contributed by atoms with van der Waals surface area (Å²) in [4.78, 5) is 32.3. The number of nitrogens with one attached hydrogen (secondary N) is 1. The number of halogens is 1. The Labute approximate surface area is 205 Å². The summed E-state index contributed by atoms with van der Waals surface area (Å²) < 4.78 is 26.3. The number of amides is 2. The van der Waals surface area contributed by atoms with Gasteiger partial charge in [0, 0.05) is 38.1 Å². The number of nitrogens with zero attached hydrogens (tertiary/aromatic N) is 6. The van der Waals surface area contributed by atoms with Crippen molar-refractivity contribution in [1.82, 2.24) is 29.3 Å². The fraction of sp³-hybridized carbons (Fsp3) is 0.292. The molecule has 0 bridgehead atoms. The molecule has 0 spiro atoms. The lowest BCUT2D eigenvalue weighted by Gasteiger charge is -2.26. The van der Waals surface area contributed by atoms with Gasteiger partial charge >= 0.3 is 0 Å². The maximum atomic E-state index is 13.2. The predicted molar refractivity (Wildman–Crippen MR) is 128 cm³/mol. The van der Waals surface area contributed by atoms with E-state index in [0.717, 1.165) is 0 Å². The highest BCUT2D eigenvalue weighted by Crippen LogP contribution is 2.28. The number of carbonyl (C=O) groups is 2. The Balaban J connectivity index is 1.38. The Hall–Kier alpha value is -4.32. The van der Waals surface area contributed by atoms with Gasteiger partial charge in [-0.3, -0.25) is 14.3 Å². The molecule has 12 heteroatoms. The van der Waals surface area contributed by atoms with Gasteiger partial charge in [0.15, 0.2) is 11.5 Å². The molecule has 1 aliphatic rings. The van der Waals surface area contributed by atoms with Gasteiger partial charge in [-0.1, -0.05) is 12.1 Å². The summed E-state index contributed by atoms with van der Waals surface area (Å²) >= 11 is 0. The van der Waals surface area contributed by atoms with Crippen molar-refractivity contribution in [1.29, 1.82) is 0 Å². The first-order chi connectivity index (χ1) is 17.5. The molecule has 2 amide bonds. The van der Waals surface area contributed by atoms with Crippen molar-refractivity contribution in [3.63, 3.8) is 0 Å². The maximum absolute atomic E-state index is 13.2. The number of aromatic nitrogens is 5. The summed E-state index contributed by atoms with van der Waals surface area (Å²) in [5.41, 5.74) is 1.97. The van der Waals surface area contributed by atoms with E-state index in [9.17, 15) is 14.0 Å². The number of fused-ring (bicyclic) bond motifs is 1. The van der Waals surface area contributed by atoms with E-state index in [2.05, 4.69) is 20.5 Å². The van der Waals surface area contributed by atoms with Crippen LogP contribution in [0.5, 0.6) is 5.75 Å². The topological polar surface area (TPSA) is 116 Å². The van der Waals surface area contributed by atoms with E-state index >= 15 is 0 Å². The van der Waals surface area contributed by atoms with E-state index in [1.807, 2.05) is 6.07 Å². The van der Waals surface area contributed by atoms with E-state index in [4.69, 9.17) is 9.47 Å². The van der Waals surface area contributed by atoms with E-state index < -0.39 is 12.6 Å². The minimum Gasteiger partial charge on any atom is -0.490 e. The first-order valence-electron chi connectivity index (χ1n) is 11.4. The lowest BCUT2D eigenvalue weighted by atomic mass is 10.2. The van der Waals surface area contributed by atoms with Crippen LogP contribution in [-0.2, 0) is 11.8 Å². The van der Waals surface area contributed by atoms with Crippen molar-refractivity contribution in [2.24, 2.45) is 7.05 Å². The SMILES string of the molecule is Cn1ncc(C(=O)N2CCOCC2)c1C(=O)Nc1ccn2nc(-c3ccccc3OCCF)nc2c1. The zero-order valence-electron chi connectivity index (χ0n) is 19.6. The van der Waals surface area contributed by atoms with Crippen LogP contribution in [-0.4, -0.2) is 80.7 Å². The molecule has 0 unspecified atom stereocenters. The van der Waals surface area contributed by atoms with Gasteiger partial charge in [0.1, 0.15) is 24.7 Å². The van der Waals surface area contributed by atoms with Crippen molar-refractivity contribution >= 4 is 23.1 Å². The highest BCUT2D eigenvalue weighted by atomic mass is 19.1. The van der Waals surface area contributed by atoms with Crippen LogP contribution in [0.2, 0.25) is 0 Å². The molecule has 1 fully saturated rings. The molecule has 186 valence electrons. The van der Waals surface area contributed by atoms with Crippen LogP contribution in [0.4, 0.5) is 10.1 Å². The standard InChI is InChI=1S/C24H24FN7O4/c1-30-21(18(15-26-30)24(34)31-9-12-35-13-10-31)23(33)27-16-6-8-32-20(14-16)28-22(29-32)17-4-2-3-5-19(17)36-11-7-25/h2-6,8,14-15H,7,9-13H2,1H3,(H,27,33). The second-order valence-electron chi connectivity index (χ2n) is 8.08. The molecule has 0 radical (unpaired) electrons. The summed E-state index contributed by atoms with van der Waals surface area (Å²) in [7, 11) is 1.61. The molecular formula is C24H24FN7O4. The number of aryl methyl sites for hydroxylation is 1. The number of rotatable bonds is 7. The van der Waals surface area contributed by atoms with Crippen molar-refractivity contribution in [2.75, 3.05) is 44.9 Å². The van der Waals surface area contributed by atoms with Crippen LogP contribution in [0, 0.1) is 0 Å². The molecule has 0 atom stereocenters. The highest BCUT2D eigenvalue weighted by Gasteiger charge is 2.27. The molecule has 1 N–H and O–H groups in total. The second kappa shape index (κ2) is 10.1. The van der Waals surface area contributed by atoms with Gasteiger partial charge in [-0.2, -0.15) is 5.10 Å². The number of carbonyl (C=O) groups excluding carboxylic acids is 2. The van der Waals surface area contributed by atoms with Crippen LogP contribution in [0.1, 0.15) is 20.8 Å². The molecule has 1 aliphatic heterocycles. The molecule has 0 aliphatic carbocycles. The summed E-state index contributed by atoms with van der Waals surface area (Å²) in [5.74, 6) is 0.148. The lowest BCUT2D eigenvalue weighted by molar-refractivity contribution is 0.0302. The number of morpholine rings is 1. The smallest absolute Gasteiger partial charge is 0.274 e. The van der Waals surface area contributed by atoms with Gasteiger partial charge in [-0.15, -0.1) is 5.10 Å². The summed E-state index contributed by atoms with van der Waals surface area (Å²) in [6.45, 7) is 1.17. The molecule has 1 aromatic carbocycles. The monoisotopic (exact) mass is 493 g/mol. The number of hydrogen-bond donors (Lipinski definition) is 1. The van der Waals surface area contributed by atoms with E-state index in [-0.39, 0.29) is 23.8 Å². The fourth-order valence-corrected chi connectivity index (χ4v) is 3.99. The maximum Gasteiger partial charge on any atom is 0.274 e. The third kappa shape index (κ3) is 4.62. The number of alkyl halides is 1. The highest BCUT2D eigenvalue weighted by molar-refractivity contribution is 6.11. The largest absolute Gasteiger partial charge is 0.490 e. The number of pyridine rings is 1. The number of benzene rings is 1. The quantitative estimate of drug-likeness (QED) is 0.420. The van der Waals surface area contributed by atoms with Gasteiger partial charge < -0.3 is 19.7 Å². The summed E-state index contributed by atoms with van der Waals surface area (Å²) in [5, 5.41) is 11.4.